The lowest BCUT2D eigenvalue weighted by Crippen LogP contribution is -2.60. The Morgan fingerprint density at radius 3 is 3.00 bits per heavy atom. The fourth-order valence-corrected chi connectivity index (χ4v) is 2.46. The van der Waals surface area contributed by atoms with Crippen LogP contribution in [0.1, 0.15) is 13.3 Å². The van der Waals surface area contributed by atoms with Gasteiger partial charge in [-0.3, -0.25) is 9.59 Å². The minimum absolute atomic E-state index is 0.0604. The Bertz CT molecular complexity index is 316. The highest BCUT2D eigenvalue weighted by Crippen LogP contribution is 2.18. The highest BCUT2D eigenvalue weighted by Gasteiger charge is 2.36. The van der Waals surface area contributed by atoms with E-state index in [1.54, 1.807) is 4.90 Å². The zero-order chi connectivity index (χ0) is 13.0. The maximum atomic E-state index is 12.4. The predicted molar refractivity (Wildman–Crippen MR) is 66.0 cm³/mol. The van der Waals surface area contributed by atoms with E-state index in [1.807, 2.05) is 6.92 Å². The number of hydrogen-bond donors (Lipinski definition) is 2. The third-order valence-corrected chi connectivity index (χ3v) is 3.46. The summed E-state index contributed by atoms with van der Waals surface area (Å²) in [5, 5.41) is 5.95. The Labute approximate surface area is 107 Å². The monoisotopic (exact) mass is 255 g/mol. The van der Waals surface area contributed by atoms with Gasteiger partial charge in [-0.1, -0.05) is 0 Å². The van der Waals surface area contributed by atoms with Gasteiger partial charge in [0.1, 0.15) is 6.04 Å². The first-order valence-electron chi connectivity index (χ1n) is 6.60. The minimum Gasteiger partial charge on any atom is -0.381 e. The number of nitrogens with zero attached hydrogens (tertiary/aromatic N) is 1. The first-order valence-corrected chi connectivity index (χ1v) is 6.60. The Morgan fingerprint density at radius 1 is 1.50 bits per heavy atom. The molecule has 2 atom stereocenters. The van der Waals surface area contributed by atoms with Crippen LogP contribution in [-0.2, 0) is 14.3 Å². The van der Waals surface area contributed by atoms with Gasteiger partial charge in [0.05, 0.1) is 12.5 Å². The van der Waals surface area contributed by atoms with E-state index in [0.717, 1.165) is 13.0 Å². The second-order valence-electron chi connectivity index (χ2n) is 4.71. The average Bonchev–Trinajstić information content (AvgIpc) is 2.92. The molecular formula is C12H21N3O3. The van der Waals surface area contributed by atoms with Crippen LogP contribution in [0.5, 0.6) is 0 Å². The highest BCUT2D eigenvalue weighted by atomic mass is 16.5. The molecule has 0 aromatic carbocycles. The number of piperazine rings is 1. The first kappa shape index (κ1) is 13.3. The summed E-state index contributed by atoms with van der Waals surface area (Å²) in [5.74, 6) is -0.0813. The highest BCUT2D eigenvalue weighted by molar-refractivity contribution is 5.89. The summed E-state index contributed by atoms with van der Waals surface area (Å²) in [6, 6.07) is -0.383. The summed E-state index contributed by atoms with van der Waals surface area (Å²) in [6.45, 7) is 5.48. The molecule has 2 amide bonds. The lowest BCUT2D eigenvalue weighted by atomic mass is 10.0. The van der Waals surface area contributed by atoms with Gasteiger partial charge in [0.15, 0.2) is 0 Å². The Morgan fingerprint density at radius 2 is 2.33 bits per heavy atom. The molecule has 2 N–H and O–H groups in total. The van der Waals surface area contributed by atoms with E-state index in [-0.39, 0.29) is 23.8 Å². The molecule has 0 aromatic heterocycles. The molecule has 6 heteroatoms. The molecule has 2 aliphatic rings. The lowest BCUT2D eigenvalue weighted by molar-refractivity contribution is -0.144. The number of carbonyl (C=O) groups is 2. The number of hydrogen-bond acceptors (Lipinski definition) is 4. The van der Waals surface area contributed by atoms with E-state index >= 15 is 0 Å². The average molecular weight is 255 g/mol. The maximum Gasteiger partial charge on any atom is 0.244 e. The fourth-order valence-electron chi connectivity index (χ4n) is 2.46. The van der Waals surface area contributed by atoms with Gasteiger partial charge in [0, 0.05) is 32.8 Å². The Hall–Kier alpha value is -1.14. The van der Waals surface area contributed by atoms with Crippen LogP contribution in [-0.4, -0.2) is 62.1 Å². The van der Waals surface area contributed by atoms with Gasteiger partial charge in [-0.15, -0.1) is 0 Å². The number of likely N-dealkylation sites (N-methyl/N-ethyl adjacent to an activating group) is 1. The summed E-state index contributed by atoms with van der Waals surface area (Å²) in [4.78, 5) is 26.0. The largest absolute Gasteiger partial charge is 0.381 e. The van der Waals surface area contributed by atoms with Crippen LogP contribution >= 0.6 is 0 Å². The van der Waals surface area contributed by atoms with Crippen LogP contribution in [0.25, 0.3) is 0 Å². The molecular weight excluding hydrogens is 234 g/mol. The number of rotatable bonds is 3. The van der Waals surface area contributed by atoms with E-state index < -0.39 is 0 Å². The summed E-state index contributed by atoms with van der Waals surface area (Å²) in [5.41, 5.74) is 0. The topological polar surface area (TPSA) is 70.7 Å². The standard InChI is InChI=1S/C12H21N3O3/c1-2-14-11(16)10-7-13-4-5-15(10)12(17)9-3-6-18-8-9/h9-10,13H,2-8H2,1H3,(H,14,16). The molecule has 2 heterocycles. The van der Waals surface area contributed by atoms with Gasteiger partial charge < -0.3 is 20.3 Å². The van der Waals surface area contributed by atoms with Crippen molar-refractivity contribution < 1.29 is 14.3 Å². The van der Waals surface area contributed by atoms with Crippen molar-refractivity contribution in [2.45, 2.75) is 19.4 Å². The van der Waals surface area contributed by atoms with Gasteiger partial charge >= 0.3 is 0 Å². The van der Waals surface area contributed by atoms with Gasteiger partial charge in [0.25, 0.3) is 0 Å². The number of carbonyl (C=O) groups excluding carboxylic acids is 2. The van der Waals surface area contributed by atoms with Gasteiger partial charge in [0.2, 0.25) is 11.8 Å². The first-order chi connectivity index (χ1) is 8.74. The van der Waals surface area contributed by atoms with Crippen molar-refractivity contribution in [2.75, 3.05) is 39.4 Å². The zero-order valence-electron chi connectivity index (χ0n) is 10.8. The minimum atomic E-state index is -0.383. The second-order valence-corrected chi connectivity index (χ2v) is 4.71. The number of ether oxygens (including phenoxy) is 1. The lowest BCUT2D eigenvalue weighted by Gasteiger charge is -2.36. The van der Waals surface area contributed by atoms with Crippen LogP contribution in [0.4, 0.5) is 0 Å². The smallest absolute Gasteiger partial charge is 0.244 e. The molecule has 0 saturated carbocycles. The van der Waals surface area contributed by atoms with Crippen LogP contribution in [0, 0.1) is 5.92 Å². The van der Waals surface area contributed by atoms with Crippen molar-refractivity contribution >= 4 is 11.8 Å². The van der Waals surface area contributed by atoms with E-state index in [2.05, 4.69) is 10.6 Å². The molecule has 0 bridgehead atoms. The fraction of sp³-hybridized carbons (Fsp3) is 0.833. The van der Waals surface area contributed by atoms with Crippen LogP contribution in [0.2, 0.25) is 0 Å². The van der Waals surface area contributed by atoms with Crippen molar-refractivity contribution in [1.29, 1.82) is 0 Å². The SMILES string of the molecule is CCNC(=O)C1CNCCN1C(=O)C1CCOC1. The molecule has 2 aliphatic heterocycles. The van der Waals surface area contributed by atoms with Crippen LogP contribution in [0.15, 0.2) is 0 Å². The molecule has 102 valence electrons. The number of nitrogens with one attached hydrogen (secondary N) is 2. The van der Waals surface area contributed by atoms with Crippen LogP contribution in [0.3, 0.4) is 0 Å². The molecule has 2 unspecified atom stereocenters. The molecule has 0 aromatic rings. The molecule has 2 fully saturated rings. The van der Waals surface area contributed by atoms with E-state index in [4.69, 9.17) is 4.74 Å². The Kier molecular flexibility index (Phi) is 4.54. The molecule has 6 nitrogen and oxygen atoms in total. The maximum absolute atomic E-state index is 12.4. The zero-order valence-corrected chi connectivity index (χ0v) is 10.8. The summed E-state index contributed by atoms with van der Waals surface area (Å²) in [7, 11) is 0. The van der Waals surface area contributed by atoms with Crippen molar-refractivity contribution in [2.24, 2.45) is 5.92 Å². The van der Waals surface area contributed by atoms with Crippen LogP contribution < -0.4 is 10.6 Å². The van der Waals surface area contributed by atoms with Gasteiger partial charge in [-0.25, -0.2) is 0 Å². The quantitative estimate of drug-likeness (QED) is 0.676. The molecule has 0 aliphatic carbocycles. The Balaban J connectivity index is 2.02. The second kappa shape index (κ2) is 6.15. The normalized spacial score (nSPS) is 28.2. The van der Waals surface area contributed by atoms with E-state index in [9.17, 15) is 9.59 Å². The third kappa shape index (κ3) is 2.81. The van der Waals surface area contributed by atoms with Gasteiger partial charge in [-0.05, 0) is 13.3 Å². The molecule has 0 spiro atoms. The molecule has 18 heavy (non-hydrogen) atoms. The molecule has 2 rings (SSSR count). The third-order valence-electron chi connectivity index (χ3n) is 3.46. The summed E-state index contributed by atoms with van der Waals surface area (Å²) < 4.78 is 5.25. The summed E-state index contributed by atoms with van der Waals surface area (Å²) in [6.07, 6.45) is 0.769. The van der Waals surface area contributed by atoms with E-state index in [1.165, 1.54) is 0 Å². The van der Waals surface area contributed by atoms with E-state index in [0.29, 0.717) is 32.8 Å². The number of amides is 2. The molecule has 0 radical (unpaired) electrons. The van der Waals surface area contributed by atoms with Crippen molar-refractivity contribution in [1.82, 2.24) is 15.5 Å². The molecule has 2 saturated heterocycles. The van der Waals surface area contributed by atoms with Crippen molar-refractivity contribution in [3.05, 3.63) is 0 Å². The van der Waals surface area contributed by atoms with Gasteiger partial charge in [-0.2, -0.15) is 0 Å². The predicted octanol–water partition coefficient (Wildman–Crippen LogP) is -1.04. The van der Waals surface area contributed by atoms with Crippen molar-refractivity contribution in [3.63, 3.8) is 0 Å². The van der Waals surface area contributed by atoms with Crippen molar-refractivity contribution in [3.8, 4) is 0 Å². The summed E-state index contributed by atoms with van der Waals surface area (Å²) >= 11 is 0.